The van der Waals surface area contributed by atoms with Crippen LogP contribution in [0.1, 0.15) is 52.5 Å². The highest BCUT2D eigenvalue weighted by Crippen LogP contribution is 2.66. The molecule has 0 spiro atoms. The lowest BCUT2D eigenvalue weighted by atomic mass is 9.46. The molecule has 0 saturated heterocycles. The van der Waals surface area contributed by atoms with Gasteiger partial charge in [0.05, 0.1) is 25.8 Å². The fourth-order valence-corrected chi connectivity index (χ4v) is 8.87. The molecule has 0 unspecified atom stereocenters. The van der Waals surface area contributed by atoms with E-state index in [1.54, 1.807) is 21.3 Å². The number of aromatic nitrogens is 1. The molecule has 3 saturated carbocycles. The molecule has 2 aliphatic heterocycles. The van der Waals surface area contributed by atoms with E-state index in [1.807, 2.05) is 47.5 Å². The number of fused-ring (bicyclic) bond motifs is 3. The standard InChI is InChI=1S/C33H33FN3O13PS/c1-43-30(40)46-19-49-51(42,50-20-47-31(41)44-2)48-18-45-28-24(38)11-12-36-27(28)29(39)35(33-14-32(34,15-33)16-33)17-37(36)26-22-8-4-3-7-21(22)13-52-25-10-6-5-9-23(25)26/h3-12,26H,13-20H2,1-2H3/t26-,32?,33?/m0/s1. The van der Waals surface area contributed by atoms with Gasteiger partial charge in [0.2, 0.25) is 31.6 Å². The van der Waals surface area contributed by atoms with Crippen molar-refractivity contribution in [3.05, 3.63) is 93.4 Å². The molecule has 3 aromatic rings. The number of phosphoric acid groups is 1. The van der Waals surface area contributed by atoms with E-state index in [-0.39, 0.29) is 31.6 Å². The van der Waals surface area contributed by atoms with Crippen LogP contribution >= 0.6 is 19.6 Å². The third-order valence-electron chi connectivity index (χ3n) is 9.32. The van der Waals surface area contributed by atoms with E-state index in [1.165, 1.54) is 12.3 Å². The van der Waals surface area contributed by atoms with Gasteiger partial charge >= 0.3 is 20.1 Å². The predicted octanol–water partition coefficient (Wildman–Crippen LogP) is 5.21. The number of hydrogen-bond donors (Lipinski definition) is 0. The van der Waals surface area contributed by atoms with Crippen LogP contribution in [-0.2, 0) is 42.8 Å². The molecule has 1 aromatic heterocycles. The number of halogens is 1. The molecule has 0 N–H and O–H groups in total. The van der Waals surface area contributed by atoms with Crippen LogP contribution in [0.4, 0.5) is 14.0 Å². The van der Waals surface area contributed by atoms with Gasteiger partial charge in [-0.2, -0.15) is 0 Å². The minimum Gasteiger partial charge on any atom is -0.460 e. The maximum absolute atomic E-state index is 15.0. The number of ether oxygens (including phenoxy) is 5. The normalized spacial score (nSPS) is 22.8. The molecule has 2 bridgehead atoms. The lowest BCUT2D eigenvalue weighted by Gasteiger charge is -2.70. The molecule has 3 heterocycles. The number of hydrogen-bond acceptors (Lipinski definition) is 15. The van der Waals surface area contributed by atoms with Crippen molar-refractivity contribution in [3.63, 3.8) is 0 Å². The van der Waals surface area contributed by atoms with Crippen LogP contribution in [0.15, 0.2) is 70.5 Å². The summed E-state index contributed by atoms with van der Waals surface area (Å²) in [6, 6.07) is 16.7. The zero-order valence-corrected chi connectivity index (χ0v) is 29.6. The predicted molar refractivity (Wildman–Crippen MR) is 178 cm³/mol. The van der Waals surface area contributed by atoms with E-state index in [4.69, 9.17) is 18.3 Å². The lowest BCUT2D eigenvalue weighted by Crippen LogP contribution is -2.79. The number of rotatable bonds is 12. The number of benzene rings is 2. The monoisotopic (exact) mass is 761 g/mol. The Kier molecular flexibility index (Phi) is 9.69. The first-order valence-corrected chi connectivity index (χ1v) is 18.3. The van der Waals surface area contributed by atoms with Crippen molar-refractivity contribution in [2.45, 2.75) is 47.2 Å². The van der Waals surface area contributed by atoms with E-state index in [0.717, 1.165) is 35.8 Å². The number of carbonyl (C=O) groups excluding carboxylic acids is 3. The van der Waals surface area contributed by atoms with Crippen LogP contribution in [0.3, 0.4) is 0 Å². The third kappa shape index (κ3) is 6.60. The number of methoxy groups -OCH3 is 2. The Labute approximate surface area is 300 Å². The number of alkyl halides is 1. The molecular formula is C33H33FN3O13PS. The van der Waals surface area contributed by atoms with Crippen molar-refractivity contribution in [1.82, 2.24) is 9.58 Å². The highest BCUT2D eigenvalue weighted by Gasteiger charge is 2.73. The highest BCUT2D eigenvalue weighted by atomic mass is 32.2. The molecule has 0 radical (unpaired) electrons. The fourth-order valence-electron chi connectivity index (χ4n) is 7.01. The number of carbonyl (C=O) groups is 3. The van der Waals surface area contributed by atoms with Crippen molar-refractivity contribution in [2.24, 2.45) is 0 Å². The van der Waals surface area contributed by atoms with E-state index in [2.05, 4.69) is 25.0 Å². The second kappa shape index (κ2) is 14.1. The van der Waals surface area contributed by atoms with E-state index < -0.39 is 74.8 Å². The lowest BCUT2D eigenvalue weighted by molar-refractivity contribution is -0.214. The Morgan fingerprint density at radius 1 is 0.885 bits per heavy atom. The molecule has 1 atom stereocenters. The van der Waals surface area contributed by atoms with Crippen LogP contribution in [0.2, 0.25) is 0 Å². The second-order valence-corrected chi connectivity index (χ2v) is 15.1. The molecule has 52 heavy (non-hydrogen) atoms. The maximum atomic E-state index is 15.0. The Bertz CT molecular complexity index is 1920. The van der Waals surface area contributed by atoms with Gasteiger partial charge in [0, 0.05) is 42.2 Å². The van der Waals surface area contributed by atoms with Crippen LogP contribution < -0.4 is 15.2 Å². The Morgan fingerprint density at radius 3 is 2.15 bits per heavy atom. The van der Waals surface area contributed by atoms with Gasteiger partial charge in [0.25, 0.3) is 5.91 Å². The first-order valence-electron chi connectivity index (χ1n) is 15.9. The minimum atomic E-state index is -4.75. The summed E-state index contributed by atoms with van der Waals surface area (Å²) in [5.74, 6) is -0.308. The molecule has 2 aromatic carbocycles. The van der Waals surface area contributed by atoms with Crippen LogP contribution in [0, 0.1) is 0 Å². The number of phosphoric ester groups is 1. The fraction of sp³-hybridized carbons (Fsp3) is 0.394. The van der Waals surface area contributed by atoms with Crippen LogP contribution in [-0.4, -0.2) is 80.3 Å². The van der Waals surface area contributed by atoms with Gasteiger partial charge in [0.15, 0.2) is 5.69 Å². The average molecular weight is 762 g/mol. The smallest absolute Gasteiger partial charge is 0.460 e. The van der Waals surface area contributed by atoms with Gasteiger partial charge in [-0.05, 0) is 22.8 Å². The molecule has 1 amide bonds. The molecule has 8 rings (SSSR count). The molecule has 19 heteroatoms. The summed E-state index contributed by atoms with van der Waals surface area (Å²) in [5, 5.41) is 1.95. The van der Waals surface area contributed by atoms with Crippen molar-refractivity contribution in [1.29, 1.82) is 0 Å². The first-order chi connectivity index (χ1) is 25.0. The number of nitrogens with zero attached hydrogens (tertiary/aromatic N) is 3. The second-order valence-electron chi connectivity index (χ2n) is 12.4. The highest BCUT2D eigenvalue weighted by molar-refractivity contribution is 7.98. The quantitative estimate of drug-likeness (QED) is 0.134. The van der Waals surface area contributed by atoms with E-state index >= 15 is 0 Å². The summed E-state index contributed by atoms with van der Waals surface area (Å²) >= 11 is 1.69. The van der Waals surface area contributed by atoms with Gasteiger partial charge in [-0.25, -0.2) is 32.1 Å². The van der Waals surface area contributed by atoms with E-state index in [9.17, 15) is 28.1 Å². The molecule has 3 fully saturated rings. The minimum absolute atomic E-state index is 0.0794. The first kappa shape index (κ1) is 35.8. The summed E-state index contributed by atoms with van der Waals surface area (Å²) in [7, 11) is -2.68. The van der Waals surface area contributed by atoms with Crippen molar-refractivity contribution in [2.75, 3.05) is 46.3 Å². The Balaban J connectivity index is 1.23. The average Bonchev–Trinajstić information content (AvgIpc) is 3.28. The van der Waals surface area contributed by atoms with Crippen molar-refractivity contribution in [3.8, 4) is 5.75 Å². The summed E-state index contributed by atoms with van der Waals surface area (Å²) in [6.45, 7) is -2.86. The molecule has 16 nitrogen and oxygen atoms in total. The summed E-state index contributed by atoms with van der Waals surface area (Å²) in [5.41, 5.74) is 0.0993. The molecule has 5 aliphatic rings. The Morgan fingerprint density at radius 2 is 1.50 bits per heavy atom. The summed E-state index contributed by atoms with van der Waals surface area (Å²) in [6.07, 6.45) is -0.363. The van der Waals surface area contributed by atoms with Gasteiger partial charge in [-0.3, -0.25) is 19.3 Å². The number of pyridine rings is 1. The van der Waals surface area contributed by atoms with Crippen LogP contribution in [0.25, 0.3) is 0 Å². The maximum Gasteiger partial charge on any atom is 0.510 e. The Hall–Kier alpha value is -4.61. The summed E-state index contributed by atoms with van der Waals surface area (Å²) in [4.78, 5) is 53.3. The number of thioether (sulfide) groups is 1. The van der Waals surface area contributed by atoms with Crippen molar-refractivity contribution >= 4 is 37.8 Å². The van der Waals surface area contributed by atoms with Crippen LogP contribution in [0.5, 0.6) is 5.75 Å². The zero-order valence-electron chi connectivity index (χ0n) is 27.9. The summed E-state index contributed by atoms with van der Waals surface area (Å²) < 4.78 is 68.6. The molecule has 3 aliphatic carbocycles. The third-order valence-corrected chi connectivity index (χ3v) is 11.7. The largest absolute Gasteiger partial charge is 0.510 e. The van der Waals surface area contributed by atoms with Gasteiger partial charge < -0.3 is 28.6 Å². The zero-order chi connectivity index (χ0) is 36.7. The number of amides is 1. The van der Waals surface area contributed by atoms with Crippen molar-refractivity contribution < 1.29 is 60.6 Å². The van der Waals surface area contributed by atoms with Gasteiger partial charge in [0.1, 0.15) is 12.3 Å². The van der Waals surface area contributed by atoms with E-state index in [0.29, 0.717) is 5.75 Å². The van der Waals surface area contributed by atoms with Gasteiger partial charge in [-0.15, -0.1) is 11.8 Å². The topological polar surface area (TPSA) is 171 Å². The molecule has 276 valence electrons. The van der Waals surface area contributed by atoms with Gasteiger partial charge in [-0.1, -0.05) is 42.5 Å². The SMILES string of the molecule is COC(=O)OCOP(=O)(OCOC(=O)OC)OCOc1c2n(ccc1=O)N([C@H]1c3ccccc3CSc3ccccc31)CN(C13CC(F)(C1)C3)C2=O. The molecular weight excluding hydrogens is 728 g/mol.